The van der Waals surface area contributed by atoms with Crippen LogP contribution in [0, 0.1) is 0 Å². The van der Waals surface area contributed by atoms with Gasteiger partial charge in [0.1, 0.15) is 0 Å². The Morgan fingerprint density at radius 2 is 1.79 bits per heavy atom. The summed E-state index contributed by atoms with van der Waals surface area (Å²) in [6.45, 7) is 7.21. The molecule has 0 N–H and O–H groups in total. The fourth-order valence-electron chi connectivity index (χ4n) is 3.34. The number of aromatic nitrogens is 2. The topological polar surface area (TPSA) is 52.6 Å². The van der Waals surface area contributed by atoms with Crippen LogP contribution in [-0.2, 0) is 0 Å². The molecule has 3 rings (SSSR count). The van der Waals surface area contributed by atoms with E-state index in [1.165, 1.54) is 5.56 Å². The van der Waals surface area contributed by atoms with Gasteiger partial charge in [-0.2, -0.15) is 0 Å². The highest BCUT2D eigenvalue weighted by Crippen LogP contribution is 2.11. The Hall–Kier alpha value is -2.73. The number of unbranched alkanes of at least 4 members (excludes halogenated alkanes) is 1. The van der Waals surface area contributed by atoms with Gasteiger partial charge in [0.05, 0.1) is 5.56 Å². The minimum absolute atomic E-state index is 0.0206. The van der Waals surface area contributed by atoms with Crippen molar-refractivity contribution >= 4 is 17.9 Å². The Morgan fingerprint density at radius 3 is 2.45 bits per heavy atom. The van der Waals surface area contributed by atoms with E-state index in [4.69, 9.17) is 0 Å². The molecule has 2 aromatic rings. The van der Waals surface area contributed by atoms with Gasteiger partial charge in [0, 0.05) is 58.7 Å². The zero-order valence-corrected chi connectivity index (χ0v) is 17.5. The predicted molar refractivity (Wildman–Crippen MR) is 118 cm³/mol. The molecule has 1 fully saturated rings. The fourth-order valence-corrected chi connectivity index (χ4v) is 3.34. The molecule has 1 saturated heterocycles. The molecule has 0 unspecified atom stereocenters. The maximum absolute atomic E-state index is 12.8. The molecule has 1 aromatic heterocycles. The summed E-state index contributed by atoms with van der Waals surface area (Å²) in [6, 6.07) is 10.3. The van der Waals surface area contributed by atoms with Crippen molar-refractivity contribution in [2.24, 2.45) is 0 Å². The van der Waals surface area contributed by atoms with Crippen LogP contribution in [0.2, 0.25) is 0 Å². The fraction of sp³-hybridized carbons (Fsp3) is 0.435. The number of rotatable bonds is 8. The summed E-state index contributed by atoms with van der Waals surface area (Å²) in [5.74, 6) is 0.692. The Kier molecular flexibility index (Phi) is 7.76. The SMILES string of the molecule is CCCCN(C)c1ncc(C(=O)N2CCN(C/C=C/c3ccccc3)CC2)cn1. The van der Waals surface area contributed by atoms with E-state index < -0.39 is 0 Å². The van der Waals surface area contributed by atoms with Crippen LogP contribution in [0.1, 0.15) is 35.7 Å². The minimum atomic E-state index is 0.0206. The van der Waals surface area contributed by atoms with Gasteiger partial charge in [-0.25, -0.2) is 9.97 Å². The van der Waals surface area contributed by atoms with Crippen LogP contribution in [-0.4, -0.2) is 72.0 Å². The number of hydrogen-bond acceptors (Lipinski definition) is 5. The molecule has 29 heavy (non-hydrogen) atoms. The first-order valence-corrected chi connectivity index (χ1v) is 10.4. The summed E-state index contributed by atoms with van der Waals surface area (Å²) in [5.41, 5.74) is 1.78. The predicted octanol–water partition coefficient (Wildman–Crippen LogP) is 3.18. The van der Waals surface area contributed by atoms with Gasteiger partial charge in [-0.3, -0.25) is 9.69 Å². The first-order chi connectivity index (χ1) is 14.2. The second kappa shape index (κ2) is 10.7. The molecule has 0 radical (unpaired) electrons. The molecule has 1 amide bonds. The number of carbonyl (C=O) groups excluding carboxylic acids is 1. The van der Waals surface area contributed by atoms with Crippen LogP contribution in [0.15, 0.2) is 48.8 Å². The summed E-state index contributed by atoms with van der Waals surface area (Å²) in [4.78, 5) is 27.8. The molecule has 1 aromatic carbocycles. The normalized spacial score (nSPS) is 15.0. The van der Waals surface area contributed by atoms with Crippen molar-refractivity contribution in [2.75, 3.05) is 51.2 Å². The van der Waals surface area contributed by atoms with E-state index in [2.05, 4.69) is 46.1 Å². The van der Waals surface area contributed by atoms with Gasteiger partial charge in [-0.15, -0.1) is 0 Å². The molecular formula is C23H31N5O. The van der Waals surface area contributed by atoms with Crippen molar-refractivity contribution < 1.29 is 4.79 Å². The van der Waals surface area contributed by atoms with Crippen LogP contribution in [0.5, 0.6) is 0 Å². The molecule has 0 atom stereocenters. The van der Waals surface area contributed by atoms with Gasteiger partial charge in [-0.1, -0.05) is 55.8 Å². The number of anilines is 1. The number of piperazine rings is 1. The molecule has 154 valence electrons. The summed E-state index contributed by atoms with van der Waals surface area (Å²) >= 11 is 0. The molecule has 1 aliphatic rings. The minimum Gasteiger partial charge on any atom is -0.344 e. The van der Waals surface area contributed by atoms with E-state index in [-0.39, 0.29) is 5.91 Å². The molecule has 0 aliphatic carbocycles. The van der Waals surface area contributed by atoms with Gasteiger partial charge < -0.3 is 9.80 Å². The van der Waals surface area contributed by atoms with Crippen LogP contribution in [0.3, 0.4) is 0 Å². The summed E-state index contributed by atoms with van der Waals surface area (Å²) < 4.78 is 0. The van der Waals surface area contributed by atoms with Crippen molar-refractivity contribution in [2.45, 2.75) is 19.8 Å². The number of benzene rings is 1. The highest BCUT2D eigenvalue weighted by Gasteiger charge is 2.22. The Bertz CT molecular complexity index is 783. The van der Waals surface area contributed by atoms with Gasteiger partial charge in [0.25, 0.3) is 5.91 Å². The highest BCUT2D eigenvalue weighted by molar-refractivity contribution is 5.93. The number of hydrogen-bond donors (Lipinski definition) is 0. The zero-order valence-electron chi connectivity index (χ0n) is 17.5. The first-order valence-electron chi connectivity index (χ1n) is 10.4. The van der Waals surface area contributed by atoms with Crippen molar-refractivity contribution in [3.63, 3.8) is 0 Å². The highest BCUT2D eigenvalue weighted by atomic mass is 16.2. The maximum Gasteiger partial charge on any atom is 0.257 e. The molecule has 6 heteroatoms. The molecule has 0 spiro atoms. The first kappa shape index (κ1) is 21.0. The van der Waals surface area contributed by atoms with Gasteiger partial charge in [0.2, 0.25) is 5.95 Å². The summed E-state index contributed by atoms with van der Waals surface area (Å²) in [5, 5.41) is 0. The van der Waals surface area contributed by atoms with Crippen molar-refractivity contribution in [1.29, 1.82) is 0 Å². The van der Waals surface area contributed by atoms with E-state index in [0.29, 0.717) is 11.5 Å². The monoisotopic (exact) mass is 393 g/mol. The third kappa shape index (κ3) is 6.12. The Balaban J connectivity index is 1.46. The second-order valence-electron chi connectivity index (χ2n) is 7.45. The quantitative estimate of drug-likeness (QED) is 0.689. The lowest BCUT2D eigenvalue weighted by Crippen LogP contribution is -2.48. The Labute approximate surface area is 173 Å². The average molecular weight is 394 g/mol. The van der Waals surface area contributed by atoms with Crippen LogP contribution in [0.25, 0.3) is 6.08 Å². The van der Waals surface area contributed by atoms with Gasteiger partial charge in [-0.05, 0) is 12.0 Å². The summed E-state index contributed by atoms with van der Waals surface area (Å²) in [6.07, 6.45) is 9.88. The van der Waals surface area contributed by atoms with E-state index in [0.717, 1.165) is 52.1 Å². The third-order valence-electron chi connectivity index (χ3n) is 5.21. The lowest BCUT2D eigenvalue weighted by molar-refractivity contribution is 0.0649. The van der Waals surface area contributed by atoms with Crippen LogP contribution in [0.4, 0.5) is 5.95 Å². The zero-order chi connectivity index (χ0) is 20.5. The van der Waals surface area contributed by atoms with E-state index in [1.807, 2.05) is 35.0 Å². The maximum atomic E-state index is 12.8. The number of carbonyl (C=O) groups is 1. The smallest absolute Gasteiger partial charge is 0.257 e. The van der Waals surface area contributed by atoms with Crippen molar-refractivity contribution in [3.8, 4) is 0 Å². The molecule has 0 bridgehead atoms. The standard InChI is InChI=1S/C23H31N5O/c1-3-4-12-26(2)23-24-18-21(19-25-23)22(29)28-16-14-27(15-17-28)13-8-11-20-9-6-5-7-10-20/h5-11,18-19H,3-4,12-17H2,1-2H3/b11-8+. The second-order valence-corrected chi connectivity index (χ2v) is 7.45. The molecule has 6 nitrogen and oxygen atoms in total. The van der Waals surface area contributed by atoms with Crippen molar-refractivity contribution in [3.05, 3.63) is 59.9 Å². The summed E-state index contributed by atoms with van der Waals surface area (Å²) in [7, 11) is 1.98. The van der Waals surface area contributed by atoms with Gasteiger partial charge >= 0.3 is 0 Å². The van der Waals surface area contributed by atoms with Crippen molar-refractivity contribution in [1.82, 2.24) is 19.8 Å². The Morgan fingerprint density at radius 1 is 1.10 bits per heavy atom. The number of nitrogens with zero attached hydrogens (tertiary/aromatic N) is 5. The van der Waals surface area contributed by atoms with E-state index >= 15 is 0 Å². The van der Waals surface area contributed by atoms with E-state index in [1.54, 1.807) is 12.4 Å². The van der Waals surface area contributed by atoms with Gasteiger partial charge in [0.15, 0.2) is 0 Å². The largest absolute Gasteiger partial charge is 0.344 e. The van der Waals surface area contributed by atoms with Crippen LogP contribution < -0.4 is 4.90 Å². The lowest BCUT2D eigenvalue weighted by Gasteiger charge is -2.34. The molecule has 1 aliphatic heterocycles. The van der Waals surface area contributed by atoms with E-state index in [9.17, 15) is 4.79 Å². The van der Waals surface area contributed by atoms with Crippen LogP contribution >= 0.6 is 0 Å². The average Bonchev–Trinajstić information content (AvgIpc) is 2.78. The third-order valence-corrected chi connectivity index (χ3v) is 5.21. The number of amides is 1. The molecule has 2 heterocycles. The molecule has 0 saturated carbocycles. The molecular weight excluding hydrogens is 362 g/mol. The lowest BCUT2D eigenvalue weighted by atomic mass is 10.2.